The van der Waals surface area contributed by atoms with Gasteiger partial charge in [0.2, 0.25) is 0 Å². The van der Waals surface area contributed by atoms with E-state index in [0.29, 0.717) is 23.6 Å². The summed E-state index contributed by atoms with van der Waals surface area (Å²) >= 11 is 8.34. The van der Waals surface area contributed by atoms with Crippen molar-refractivity contribution in [3.63, 3.8) is 0 Å². The van der Waals surface area contributed by atoms with Crippen LogP contribution >= 0.6 is 22.9 Å². The Morgan fingerprint density at radius 2 is 1.94 bits per heavy atom. The maximum Gasteiger partial charge on any atom is 0.253 e. The quantitative estimate of drug-likeness (QED) is 0.375. The Kier molecular flexibility index (Phi) is 7.25. The average Bonchev–Trinajstić information content (AvgIpc) is 3.28. The molecule has 1 amide bonds. The van der Waals surface area contributed by atoms with Gasteiger partial charge in [-0.05, 0) is 72.5 Å². The fraction of sp³-hybridized carbons (Fsp3) is 0.393. The molecule has 0 N–H and O–H groups in total. The fourth-order valence-electron chi connectivity index (χ4n) is 4.51. The van der Waals surface area contributed by atoms with Crippen molar-refractivity contribution in [2.45, 2.75) is 52.4 Å². The maximum absolute atomic E-state index is 13.1. The van der Waals surface area contributed by atoms with E-state index in [2.05, 4.69) is 43.3 Å². The van der Waals surface area contributed by atoms with Crippen molar-refractivity contribution in [3.8, 4) is 21.6 Å². The number of hydrogen-bond donors (Lipinski definition) is 0. The van der Waals surface area contributed by atoms with Crippen LogP contribution in [0.5, 0.6) is 0 Å². The Morgan fingerprint density at radius 1 is 1.15 bits per heavy atom. The van der Waals surface area contributed by atoms with Crippen LogP contribution in [-0.2, 0) is 10.2 Å². The van der Waals surface area contributed by atoms with Gasteiger partial charge in [0.15, 0.2) is 0 Å². The van der Waals surface area contributed by atoms with Crippen molar-refractivity contribution in [1.29, 1.82) is 0 Å². The molecule has 0 saturated carbocycles. The molecule has 6 heteroatoms. The van der Waals surface area contributed by atoms with Crippen molar-refractivity contribution < 1.29 is 9.59 Å². The van der Waals surface area contributed by atoms with Gasteiger partial charge in [-0.15, -0.1) is 11.3 Å². The number of carbonyl (C=O) groups excluding carboxylic acids is 2. The number of halogens is 1. The highest BCUT2D eigenvalue weighted by Crippen LogP contribution is 2.37. The van der Waals surface area contributed by atoms with Gasteiger partial charge in [0.1, 0.15) is 5.78 Å². The van der Waals surface area contributed by atoms with E-state index < -0.39 is 0 Å². The van der Waals surface area contributed by atoms with Gasteiger partial charge in [-0.3, -0.25) is 9.78 Å². The normalized spacial score (nSPS) is 16.5. The topological polar surface area (TPSA) is 50.3 Å². The number of benzene rings is 1. The highest BCUT2D eigenvalue weighted by molar-refractivity contribution is 7.14. The molecule has 1 unspecified atom stereocenters. The van der Waals surface area contributed by atoms with E-state index in [0.717, 1.165) is 46.6 Å². The first-order valence-electron chi connectivity index (χ1n) is 11.8. The summed E-state index contributed by atoms with van der Waals surface area (Å²) in [7, 11) is 0. The molecule has 1 saturated heterocycles. The van der Waals surface area contributed by atoms with Gasteiger partial charge < -0.3 is 9.69 Å². The molecule has 178 valence electrons. The summed E-state index contributed by atoms with van der Waals surface area (Å²) in [5.41, 5.74) is 4.74. The first kappa shape index (κ1) is 24.6. The summed E-state index contributed by atoms with van der Waals surface area (Å²) in [6, 6.07) is 11.9. The summed E-state index contributed by atoms with van der Waals surface area (Å²) < 4.78 is 0. The first-order valence-corrected chi connectivity index (χ1v) is 13.0. The van der Waals surface area contributed by atoms with E-state index >= 15 is 0 Å². The van der Waals surface area contributed by atoms with Gasteiger partial charge in [0, 0.05) is 57.8 Å². The molecule has 0 spiro atoms. The van der Waals surface area contributed by atoms with Crippen LogP contribution in [0.2, 0.25) is 5.02 Å². The molecular formula is C28H31ClN2O2S. The zero-order chi connectivity index (χ0) is 24.5. The van der Waals surface area contributed by atoms with Crippen molar-refractivity contribution in [3.05, 3.63) is 64.3 Å². The summed E-state index contributed by atoms with van der Waals surface area (Å²) in [4.78, 5) is 32.2. The number of Topliss-reactive ketones (excluding diaryl/α,β-unsaturated/α-hetero) is 1. The Labute approximate surface area is 211 Å². The zero-order valence-electron chi connectivity index (χ0n) is 20.2. The number of thiophene rings is 1. The van der Waals surface area contributed by atoms with E-state index in [1.54, 1.807) is 24.3 Å². The van der Waals surface area contributed by atoms with Gasteiger partial charge in [-0.2, -0.15) is 0 Å². The number of nitrogens with zero attached hydrogens (tertiary/aromatic N) is 2. The van der Waals surface area contributed by atoms with E-state index in [-0.39, 0.29) is 23.0 Å². The Bertz CT molecular complexity index is 1210. The maximum atomic E-state index is 13.1. The lowest BCUT2D eigenvalue weighted by molar-refractivity contribution is -0.118. The Hall–Kier alpha value is -2.50. The zero-order valence-corrected chi connectivity index (χ0v) is 21.8. The third-order valence-corrected chi connectivity index (χ3v) is 7.61. The highest BCUT2D eigenvalue weighted by atomic mass is 35.5. The molecule has 4 rings (SSSR count). The molecule has 4 nitrogen and oxygen atoms in total. The van der Waals surface area contributed by atoms with Crippen LogP contribution in [0.1, 0.15) is 63.0 Å². The number of amides is 1. The molecule has 1 aromatic carbocycles. The minimum Gasteiger partial charge on any atom is -0.338 e. The van der Waals surface area contributed by atoms with Crippen LogP contribution < -0.4 is 0 Å². The van der Waals surface area contributed by atoms with Gasteiger partial charge >= 0.3 is 0 Å². The molecule has 1 aliphatic rings. The largest absolute Gasteiger partial charge is 0.338 e. The second kappa shape index (κ2) is 10.0. The lowest BCUT2D eigenvalue weighted by Crippen LogP contribution is -2.40. The molecule has 1 aliphatic heterocycles. The summed E-state index contributed by atoms with van der Waals surface area (Å²) in [6.07, 6.45) is 4.33. The smallest absolute Gasteiger partial charge is 0.253 e. The average molecular weight is 495 g/mol. The lowest BCUT2D eigenvalue weighted by Gasteiger charge is -2.32. The third-order valence-electron chi connectivity index (χ3n) is 6.32. The van der Waals surface area contributed by atoms with Gasteiger partial charge in [-0.25, -0.2) is 0 Å². The number of likely N-dealkylation sites (tertiary alicyclic amines) is 1. The highest BCUT2D eigenvalue weighted by Gasteiger charge is 2.26. The molecule has 0 aliphatic carbocycles. The molecule has 0 radical (unpaired) electrons. The SMILES string of the molecule is CC(=O)CC1CCCN(C(=O)c2ccc(-c3csc(-c4ccnc(C(C)(C)C)c4)c3)c(Cl)c2)C1. The van der Waals surface area contributed by atoms with Gasteiger partial charge in [0.05, 0.1) is 0 Å². The number of carbonyl (C=O) groups is 2. The van der Waals surface area contributed by atoms with Crippen LogP contribution in [0.25, 0.3) is 21.6 Å². The van der Waals surface area contributed by atoms with E-state index in [4.69, 9.17) is 11.6 Å². The molecule has 1 atom stereocenters. The van der Waals surface area contributed by atoms with Gasteiger partial charge in [0.25, 0.3) is 5.91 Å². The Balaban J connectivity index is 1.53. The number of aromatic nitrogens is 1. The van der Waals surface area contributed by atoms with Crippen LogP contribution in [0.4, 0.5) is 0 Å². The second-order valence-corrected chi connectivity index (χ2v) is 11.6. The minimum absolute atomic E-state index is 0.0117. The molecule has 2 aromatic heterocycles. The van der Waals surface area contributed by atoms with Crippen LogP contribution in [0.3, 0.4) is 0 Å². The molecule has 34 heavy (non-hydrogen) atoms. The third kappa shape index (κ3) is 5.59. The minimum atomic E-state index is -0.0146. The summed E-state index contributed by atoms with van der Waals surface area (Å²) in [6.45, 7) is 9.46. The summed E-state index contributed by atoms with van der Waals surface area (Å²) in [5, 5.41) is 2.67. The van der Waals surface area contributed by atoms with Crippen molar-refractivity contribution in [1.82, 2.24) is 9.88 Å². The lowest BCUT2D eigenvalue weighted by atomic mass is 9.90. The van der Waals surface area contributed by atoms with Crippen molar-refractivity contribution >= 4 is 34.6 Å². The van der Waals surface area contributed by atoms with Gasteiger partial charge in [-0.1, -0.05) is 38.4 Å². The molecule has 1 fully saturated rings. The molecule has 3 aromatic rings. The van der Waals surface area contributed by atoms with Crippen molar-refractivity contribution in [2.24, 2.45) is 5.92 Å². The first-order chi connectivity index (χ1) is 16.1. The molecule has 3 heterocycles. The predicted octanol–water partition coefficient (Wildman–Crippen LogP) is 7.26. The molecular weight excluding hydrogens is 464 g/mol. The van der Waals surface area contributed by atoms with Crippen LogP contribution in [0.15, 0.2) is 48.0 Å². The van der Waals surface area contributed by atoms with E-state index in [1.807, 2.05) is 29.3 Å². The molecule has 0 bridgehead atoms. The number of pyridine rings is 1. The summed E-state index contributed by atoms with van der Waals surface area (Å²) in [5.74, 6) is 0.420. The fourth-order valence-corrected chi connectivity index (χ4v) is 5.71. The standard InChI is InChI=1S/C28H31ClN2O2S/c1-18(32)12-19-6-5-11-31(16-19)27(33)21-7-8-23(24(29)13-21)22-14-25(34-17-22)20-9-10-30-26(15-20)28(2,3)4/h7-10,13-15,17,19H,5-6,11-12,16H2,1-4H3. The van der Waals surface area contributed by atoms with Crippen LogP contribution in [0, 0.1) is 5.92 Å². The number of hydrogen-bond acceptors (Lipinski definition) is 4. The van der Waals surface area contributed by atoms with Crippen LogP contribution in [-0.4, -0.2) is 34.7 Å². The number of rotatable bonds is 5. The Morgan fingerprint density at radius 3 is 2.65 bits per heavy atom. The number of piperidine rings is 1. The second-order valence-electron chi connectivity index (χ2n) is 10.2. The van der Waals surface area contributed by atoms with E-state index in [1.165, 1.54) is 0 Å². The monoisotopic (exact) mass is 494 g/mol. The van der Waals surface area contributed by atoms with Crippen molar-refractivity contribution in [2.75, 3.05) is 13.1 Å². The number of ketones is 1. The van der Waals surface area contributed by atoms with E-state index in [9.17, 15) is 9.59 Å². The predicted molar refractivity (Wildman–Crippen MR) is 141 cm³/mol.